The summed E-state index contributed by atoms with van der Waals surface area (Å²) in [4.78, 5) is 0.175. The van der Waals surface area contributed by atoms with Gasteiger partial charge in [-0.25, -0.2) is 0 Å². The Morgan fingerprint density at radius 3 is 2.56 bits per heavy atom. The van der Waals surface area contributed by atoms with Gasteiger partial charge in [-0.15, -0.1) is 0 Å². The molecule has 0 radical (unpaired) electrons. The van der Waals surface area contributed by atoms with Gasteiger partial charge in [0.1, 0.15) is 0 Å². The monoisotopic (exact) mass is 370 g/mol. The average molecular weight is 371 g/mol. The van der Waals surface area contributed by atoms with Crippen molar-refractivity contribution in [3.63, 3.8) is 0 Å². The molecule has 0 spiro atoms. The smallest absolute Gasteiger partial charge is 0.297 e. The number of benzene rings is 1. The van der Waals surface area contributed by atoms with Crippen LogP contribution < -0.4 is 0 Å². The van der Waals surface area contributed by atoms with E-state index in [1.54, 1.807) is 24.3 Å². The van der Waals surface area contributed by atoms with Gasteiger partial charge >= 0.3 is 0 Å². The predicted molar refractivity (Wildman–Crippen MR) is 96.9 cm³/mol. The largest absolute Gasteiger partial charge is 0.353 e. The Morgan fingerprint density at radius 1 is 1.24 bits per heavy atom. The summed E-state index contributed by atoms with van der Waals surface area (Å²) in [7, 11) is -3.78. The van der Waals surface area contributed by atoms with Crippen LogP contribution in [0.3, 0.4) is 0 Å². The summed E-state index contributed by atoms with van der Waals surface area (Å²) in [5, 5.41) is 0. The molecule has 1 aliphatic heterocycles. The zero-order valence-corrected chi connectivity index (χ0v) is 16.3. The molecular weight excluding hydrogens is 340 g/mol. The van der Waals surface area contributed by atoms with Crippen LogP contribution in [-0.2, 0) is 23.8 Å². The second-order valence-electron chi connectivity index (χ2n) is 6.79. The van der Waals surface area contributed by atoms with Gasteiger partial charge in [-0.1, -0.05) is 38.0 Å². The first-order valence-electron chi connectivity index (χ1n) is 9.15. The van der Waals surface area contributed by atoms with E-state index in [1.807, 2.05) is 6.92 Å². The van der Waals surface area contributed by atoms with Crippen molar-refractivity contribution in [2.45, 2.75) is 70.2 Å². The van der Waals surface area contributed by atoms with Crippen LogP contribution in [-0.4, -0.2) is 34.0 Å². The van der Waals surface area contributed by atoms with Gasteiger partial charge in [0, 0.05) is 6.61 Å². The normalized spacial score (nSPS) is 21.0. The number of rotatable bonds is 9. The van der Waals surface area contributed by atoms with Gasteiger partial charge < -0.3 is 9.47 Å². The van der Waals surface area contributed by atoms with Gasteiger partial charge in [0.25, 0.3) is 10.1 Å². The Labute approximate surface area is 151 Å². The fraction of sp³-hybridized carbons (Fsp3) is 0.684. The van der Waals surface area contributed by atoms with Crippen molar-refractivity contribution >= 4 is 10.1 Å². The molecule has 6 heteroatoms. The minimum absolute atomic E-state index is 0.0111. The van der Waals surface area contributed by atoms with Crippen LogP contribution in [0.5, 0.6) is 0 Å². The van der Waals surface area contributed by atoms with Gasteiger partial charge in [-0.05, 0) is 50.7 Å². The first kappa shape index (κ1) is 20.4. The minimum atomic E-state index is -3.78. The predicted octanol–water partition coefficient (Wildman–Crippen LogP) is 4.05. The van der Waals surface area contributed by atoms with E-state index in [4.69, 9.17) is 13.7 Å². The van der Waals surface area contributed by atoms with Crippen molar-refractivity contribution in [2.24, 2.45) is 5.92 Å². The van der Waals surface area contributed by atoms with Gasteiger partial charge in [-0.3, -0.25) is 4.18 Å². The first-order valence-corrected chi connectivity index (χ1v) is 10.6. The lowest BCUT2D eigenvalue weighted by molar-refractivity contribution is -0.203. The van der Waals surface area contributed by atoms with Gasteiger partial charge in [0.2, 0.25) is 0 Å². The van der Waals surface area contributed by atoms with Crippen molar-refractivity contribution < 1.29 is 22.1 Å². The van der Waals surface area contributed by atoms with E-state index in [-0.39, 0.29) is 29.8 Å². The average Bonchev–Trinajstić information content (AvgIpc) is 2.60. The molecule has 3 atom stereocenters. The first-order chi connectivity index (χ1) is 11.9. The van der Waals surface area contributed by atoms with Crippen molar-refractivity contribution in [2.75, 3.05) is 13.2 Å². The van der Waals surface area contributed by atoms with E-state index in [1.165, 1.54) is 0 Å². The second kappa shape index (κ2) is 9.67. The van der Waals surface area contributed by atoms with E-state index in [0.29, 0.717) is 6.61 Å². The van der Waals surface area contributed by atoms with Crippen LogP contribution >= 0.6 is 0 Å². The molecule has 0 amide bonds. The molecule has 1 aromatic carbocycles. The Hall–Kier alpha value is -0.950. The maximum absolute atomic E-state index is 12.4. The van der Waals surface area contributed by atoms with Gasteiger partial charge in [0.15, 0.2) is 6.29 Å². The summed E-state index contributed by atoms with van der Waals surface area (Å²) in [6.45, 7) is 6.80. The molecule has 0 saturated carbocycles. The van der Waals surface area contributed by atoms with Gasteiger partial charge in [0.05, 0.1) is 17.6 Å². The summed E-state index contributed by atoms with van der Waals surface area (Å²) in [5.74, 6) is 0.198. The van der Waals surface area contributed by atoms with Crippen LogP contribution in [0, 0.1) is 12.8 Å². The summed E-state index contributed by atoms with van der Waals surface area (Å²) < 4.78 is 41.8. The molecule has 5 nitrogen and oxygen atoms in total. The molecule has 1 aromatic rings. The highest BCUT2D eigenvalue weighted by molar-refractivity contribution is 7.86. The molecule has 0 N–H and O–H groups in total. The lowest BCUT2D eigenvalue weighted by Crippen LogP contribution is -2.35. The quantitative estimate of drug-likeness (QED) is 0.614. The highest BCUT2D eigenvalue weighted by Gasteiger charge is 2.27. The molecule has 25 heavy (non-hydrogen) atoms. The number of ether oxygens (including phenoxy) is 2. The van der Waals surface area contributed by atoms with Crippen LogP contribution in [0.15, 0.2) is 29.2 Å². The molecular formula is C19H30O5S. The SMILES string of the molecule is CCC[C@H](C)[C@H](COS(=O)(=O)c1ccc(C)cc1)OC1CCCCO1. The Morgan fingerprint density at radius 2 is 1.96 bits per heavy atom. The van der Waals surface area contributed by atoms with Crippen LogP contribution in [0.1, 0.15) is 51.5 Å². The van der Waals surface area contributed by atoms with Crippen molar-refractivity contribution in [1.29, 1.82) is 0 Å². The van der Waals surface area contributed by atoms with Gasteiger partial charge in [-0.2, -0.15) is 8.42 Å². The summed E-state index contributed by atoms with van der Waals surface area (Å²) >= 11 is 0. The van der Waals surface area contributed by atoms with E-state index in [9.17, 15) is 8.42 Å². The Balaban J connectivity index is 2.00. The van der Waals surface area contributed by atoms with E-state index < -0.39 is 10.1 Å². The molecule has 0 bridgehead atoms. The molecule has 1 aliphatic rings. The highest BCUT2D eigenvalue weighted by atomic mass is 32.2. The van der Waals surface area contributed by atoms with Crippen LogP contribution in [0.4, 0.5) is 0 Å². The lowest BCUT2D eigenvalue weighted by atomic mass is 10.00. The van der Waals surface area contributed by atoms with Crippen molar-refractivity contribution in [3.8, 4) is 0 Å². The summed E-state index contributed by atoms with van der Waals surface area (Å²) in [6, 6.07) is 6.67. The molecule has 1 saturated heterocycles. The second-order valence-corrected chi connectivity index (χ2v) is 8.40. The third-order valence-electron chi connectivity index (χ3n) is 4.54. The molecule has 142 valence electrons. The lowest BCUT2D eigenvalue weighted by Gasteiger charge is -2.30. The number of hydrogen-bond donors (Lipinski definition) is 0. The molecule has 1 fully saturated rings. The van der Waals surface area contributed by atoms with Crippen LogP contribution in [0.2, 0.25) is 0 Å². The maximum atomic E-state index is 12.4. The summed E-state index contributed by atoms with van der Waals surface area (Å²) in [5.41, 5.74) is 1.01. The number of aryl methyl sites for hydroxylation is 1. The Kier molecular flexibility index (Phi) is 7.87. The van der Waals surface area contributed by atoms with E-state index in [0.717, 1.165) is 37.7 Å². The molecule has 1 unspecified atom stereocenters. The molecule has 0 aromatic heterocycles. The van der Waals surface area contributed by atoms with Crippen molar-refractivity contribution in [1.82, 2.24) is 0 Å². The van der Waals surface area contributed by atoms with Crippen molar-refractivity contribution in [3.05, 3.63) is 29.8 Å². The maximum Gasteiger partial charge on any atom is 0.297 e. The fourth-order valence-electron chi connectivity index (χ4n) is 2.92. The molecule has 1 heterocycles. The molecule has 0 aliphatic carbocycles. The van der Waals surface area contributed by atoms with Crippen LogP contribution in [0.25, 0.3) is 0 Å². The fourth-order valence-corrected chi connectivity index (χ4v) is 3.84. The standard InChI is InChI=1S/C19H30O5S/c1-4-7-16(3)18(24-19-8-5-6-13-22-19)14-23-25(20,21)17-11-9-15(2)10-12-17/h9-12,16,18-19H,4-8,13-14H2,1-3H3/t16-,18-,19?/m0/s1. The third-order valence-corrected chi connectivity index (χ3v) is 5.84. The number of hydrogen-bond acceptors (Lipinski definition) is 5. The Bertz CT molecular complexity index is 605. The van der Waals surface area contributed by atoms with E-state index >= 15 is 0 Å². The summed E-state index contributed by atoms with van der Waals surface area (Å²) in [6.07, 6.45) is 4.37. The highest BCUT2D eigenvalue weighted by Crippen LogP contribution is 2.23. The topological polar surface area (TPSA) is 61.8 Å². The third kappa shape index (κ3) is 6.37. The zero-order valence-electron chi connectivity index (χ0n) is 15.4. The minimum Gasteiger partial charge on any atom is -0.353 e. The van der Waals surface area contributed by atoms with E-state index in [2.05, 4.69) is 13.8 Å². The molecule has 2 rings (SSSR count). The zero-order chi connectivity index (χ0) is 18.3.